The summed E-state index contributed by atoms with van der Waals surface area (Å²) in [6, 6.07) is 8.23. The molecular formula is C16H24ClN3O. The Hall–Kier alpha value is -0.650. The SMILES string of the molecule is CN(C)[C@]1(c2cccc(Cl)c2)CC[C@]2(CC1)CNC(O)N2. The minimum atomic E-state index is -0.567. The topological polar surface area (TPSA) is 47.5 Å². The van der Waals surface area contributed by atoms with Crippen LogP contribution in [-0.2, 0) is 5.54 Å². The third-order valence-electron chi connectivity index (χ3n) is 5.33. The third kappa shape index (κ3) is 2.71. The molecule has 3 rings (SSSR count). The van der Waals surface area contributed by atoms with Crippen molar-refractivity contribution < 1.29 is 5.11 Å². The summed E-state index contributed by atoms with van der Waals surface area (Å²) >= 11 is 6.20. The summed E-state index contributed by atoms with van der Waals surface area (Å²) in [5, 5.41) is 16.9. The van der Waals surface area contributed by atoms with E-state index in [2.05, 4.69) is 41.8 Å². The largest absolute Gasteiger partial charge is 0.365 e. The summed E-state index contributed by atoms with van der Waals surface area (Å²) in [5.74, 6) is 0. The van der Waals surface area contributed by atoms with Gasteiger partial charge in [-0.25, -0.2) is 0 Å². The van der Waals surface area contributed by atoms with Gasteiger partial charge in [-0.1, -0.05) is 23.7 Å². The van der Waals surface area contributed by atoms with Gasteiger partial charge in [-0.05, 0) is 57.5 Å². The normalized spacial score (nSPS) is 36.5. The summed E-state index contributed by atoms with van der Waals surface area (Å²) in [6.07, 6.45) is 3.63. The summed E-state index contributed by atoms with van der Waals surface area (Å²) in [6.45, 7) is 0.840. The smallest absolute Gasteiger partial charge is 0.161 e. The fourth-order valence-corrected chi connectivity index (χ4v) is 4.11. The summed E-state index contributed by atoms with van der Waals surface area (Å²) in [7, 11) is 4.29. The van der Waals surface area contributed by atoms with Gasteiger partial charge in [0.15, 0.2) is 6.35 Å². The van der Waals surface area contributed by atoms with Gasteiger partial charge < -0.3 is 5.11 Å². The van der Waals surface area contributed by atoms with Gasteiger partial charge in [0.25, 0.3) is 0 Å². The molecule has 1 atom stereocenters. The van der Waals surface area contributed by atoms with Crippen LogP contribution >= 0.6 is 11.6 Å². The molecule has 1 saturated heterocycles. The molecule has 1 saturated carbocycles. The van der Waals surface area contributed by atoms with E-state index in [1.807, 2.05) is 12.1 Å². The first-order chi connectivity index (χ1) is 9.96. The maximum Gasteiger partial charge on any atom is 0.161 e. The van der Waals surface area contributed by atoms with Crippen LogP contribution in [0.5, 0.6) is 0 Å². The molecule has 3 N–H and O–H groups in total. The Kier molecular flexibility index (Phi) is 4.01. The molecule has 1 aromatic rings. The number of hydrogen-bond acceptors (Lipinski definition) is 4. The number of aliphatic hydroxyl groups excluding tert-OH is 1. The lowest BCUT2D eigenvalue weighted by atomic mass is 9.69. The molecule has 5 heteroatoms. The van der Waals surface area contributed by atoms with Crippen LogP contribution in [0.1, 0.15) is 31.2 Å². The molecule has 1 aliphatic carbocycles. The molecule has 1 aromatic carbocycles. The zero-order chi connectivity index (χ0) is 15.1. The van der Waals surface area contributed by atoms with Crippen molar-refractivity contribution in [2.75, 3.05) is 20.6 Å². The van der Waals surface area contributed by atoms with E-state index in [1.165, 1.54) is 5.56 Å². The van der Waals surface area contributed by atoms with Crippen LogP contribution in [0, 0.1) is 0 Å². The number of halogens is 1. The van der Waals surface area contributed by atoms with E-state index in [-0.39, 0.29) is 11.1 Å². The van der Waals surface area contributed by atoms with Gasteiger partial charge >= 0.3 is 0 Å². The van der Waals surface area contributed by atoms with E-state index in [0.717, 1.165) is 37.3 Å². The Bertz CT molecular complexity index is 512. The standard InChI is InChI=1S/C16H24ClN3O/c1-20(2)16(12-4-3-5-13(17)10-12)8-6-15(7-9-16)11-18-14(21)19-15/h3-5,10,14,18-19,21H,6-9,11H2,1-2H3/t14?,15-,16+. The predicted octanol–water partition coefficient (Wildman–Crippen LogP) is 1.88. The monoisotopic (exact) mass is 309 g/mol. The second kappa shape index (κ2) is 5.52. The number of benzene rings is 1. The van der Waals surface area contributed by atoms with Crippen molar-refractivity contribution in [1.82, 2.24) is 15.5 Å². The van der Waals surface area contributed by atoms with Gasteiger partial charge in [-0.15, -0.1) is 0 Å². The quantitative estimate of drug-likeness (QED) is 0.781. The Morgan fingerprint density at radius 1 is 1.24 bits per heavy atom. The molecule has 1 spiro atoms. The first-order valence-corrected chi connectivity index (χ1v) is 7.96. The number of aliphatic hydroxyl groups is 1. The summed E-state index contributed by atoms with van der Waals surface area (Å²) < 4.78 is 0. The predicted molar refractivity (Wildman–Crippen MR) is 85.2 cm³/mol. The summed E-state index contributed by atoms with van der Waals surface area (Å²) in [4.78, 5) is 2.32. The van der Waals surface area contributed by atoms with E-state index in [9.17, 15) is 5.11 Å². The number of rotatable bonds is 2. The second-order valence-electron chi connectivity index (χ2n) is 6.64. The zero-order valence-corrected chi connectivity index (χ0v) is 13.5. The third-order valence-corrected chi connectivity index (χ3v) is 5.56. The lowest BCUT2D eigenvalue weighted by molar-refractivity contribution is 0.0503. The van der Waals surface area contributed by atoms with Gasteiger partial charge in [0, 0.05) is 22.6 Å². The molecule has 0 amide bonds. The second-order valence-corrected chi connectivity index (χ2v) is 7.08. The lowest BCUT2D eigenvalue weighted by Crippen LogP contribution is -2.54. The fourth-order valence-electron chi connectivity index (χ4n) is 3.92. The highest BCUT2D eigenvalue weighted by Crippen LogP contribution is 2.45. The van der Waals surface area contributed by atoms with Crippen molar-refractivity contribution in [2.24, 2.45) is 0 Å². The lowest BCUT2D eigenvalue weighted by Gasteiger charge is -2.49. The fraction of sp³-hybridized carbons (Fsp3) is 0.625. The molecule has 2 aliphatic rings. The maximum atomic E-state index is 9.69. The van der Waals surface area contributed by atoms with Crippen LogP contribution in [0.2, 0.25) is 5.02 Å². The molecular weight excluding hydrogens is 286 g/mol. The van der Waals surface area contributed by atoms with Gasteiger partial charge in [0.05, 0.1) is 0 Å². The number of nitrogens with zero attached hydrogens (tertiary/aromatic N) is 1. The minimum Gasteiger partial charge on any atom is -0.365 e. The Labute approximate surface area is 131 Å². The summed E-state index contributed by atoms with van der Waals surface area (Å²) in [5.41, 5.74) is 1.37. The van der Waals surface area contributed by atoms with E-state index >= 15 is 0 Å². The van der Waals surface area contributed by atoms with Crippen molar-refractivity contribution in [3.8, 4) is 0 Å². The molecule has 0 radical (unpaired) electrons. The van der Waals surface area contributed by atoms with Crippen LogP contribution in [-0.4, -0.2) is 42.5 Å². The highest BCUT2D eigenvalue weighted by molar-refractivity contribution is 6.30. The highest BCUT2D eigenvalue weighted by Gasteiger charge is 2.47. The Balaban J connectivity index is 1.85. The van der Waals surface area contributed by atoms with Crippen molar-refractivity contribution in [3.05, 3.63) is 34.9 Å². The van der Waals surface area contributed by atoms with E-state index in [0.29, 0.717) is 0 Å². The van der Waals surface area contributed by atoms with E-state index in [1.54, 1.807) is 0 Å². The Morgan fingerprint density at radius 3 is 2.48 bits per heavy atom. The number of hydrogen-bond donors (Lipinski definition) is 3. The molecule has 4 nitrogen and oxygen atoms in total. The maximum absolute atomic E-state index is 9.69. The van der Waals surface area contributed by atoms with Gasteiger partial charge in [-0.2, -0.15) is 0 Å². The zero-order valence-electron chi connectivity index (χ0n) is 12.7. The highest BCUT2D eigenvalue weighted by atomic mass is 35.5. The molecule has 116 valence electrons. The first kappa shape index (κ1) is 15.3. The minimum absolute atomic E-state index is 0.0331. The van der Waals surface area contributed by atoms with E-state index < -0.39 is 6.35 Å². The van der Waals surface area contributed by atoms with Gasteiger partial charge in [0.1, 0.15) is 0 Å². The van der Waals surface area contributed by atoms with Crippen LogP contribution in [0.3, 0.4) is 0 Å². The van der Waals surface area contributed by atoms with E-state index in [4.69, 9.17) is 11.6 Å². The molecule has 0 bridgehead atoms. The average Bonchev–Trinajstić information content (AvgIpc) is 2.81. The van der Waals surface area contributed by atoms with Crippen LogP contribution in [0.4, 0.5) is 0 Å². The molecule has 0 aromatic heterocycles. The molecule has 2 fully saturated rings. The van der Waals surface area contributed by atoms with Crippen molar-refractivity contribution in [3.63, 3.8) is 0 Å². The van der Waals surface area contributed by atoms with Crippen LogP contribution < -0.4 is 10.6 Å². The first-order valence-electron chi connectivity index (χ1n) is 7.59. The van der Waals surface area contributed by atoms with Crippen molar-refractivity contribution >= 4 is 11.6 Å². The molecule has 21 heavy (non-hydrogen) atoms. The van der Waals surface area contributed by atoms with Gasteiger partial charge in [0.2, 0.25) is 0 Å². The van der Waals surface area contributed by atoms with Crippen molar-refractivity contribution in [2.45, 2.75) is 43.1 Å². The average molecular weight is 310 g/mol. The van der Waals surface area contributed by atoms with Crippen LogP contribution in [0.15, 0.2) is 24.3 Å². The van der Waals surface area contributed by atoms with Gasteiger partial charge in [-0.3, -0.25) is 15.5 Å². The molecule has 1 unspecified atom stereocenters. The van der Waals surface area contributed by atoms with Crippen molar-refractivity contribution in [1.29, 1.82) is 0 Å². The Morgan fingerprint density at radius 2 is 1.95 bits per heavy atom. The number of nitrogens with one attached hydrogen (secondary N) is 2. The molecule has 1 heterocycles. The molecule has 1 aliphatic heterocycles. The van der Waals surface area contributed by atoms with Crippen LogP contribution in [0.25, 0.3) is 0 Å².